The molecule has 2 aliphatic rings. The predicted molar refractivity (Wildman–Crippen MR) is 124 cm³/mol. The summed E-state index contributed by atoms with van der Waals surface area (Å²) in [7, 11) is -3.50. The van der Waals surface area contributed by atoms with Gasteiger partial charge in [0.15, 0.2) is 0 Å². The van der Waals surface area contributed by atoms with Crippen molar-refractivity contribution in [2.24, 2.45) is 0 Å². The fraction of sp³-hybridized carbons (Fsp3) is 0.167. The molecule has 1 N–H and O–H groups in total. The number of hydrogen-bond acceptors (Lipinski definition) is 5. The summed E-state index contributed by atoms with van der Waals surface area (Å²) >= 11 is 1.74. The molecule has 0 unspecified atom stereocenters. The number of hydrogen-bond donors (Lipinski definition) is 1. The lowest BCUT2D eigenvalue weighted by molar-refractivity contribution is 0.0730. The number of nitrogens with one attached hydrogen (secondary N) is 1. The van der Waals surface area contributed by atoms with Gasteiger partial charge >= 0.3 is 0 Å². The minimum absolute atomic E-state index is 0.297. The Hall–Kier alpha value is -2.58. The largest absolute Gasteiger partial charge is 0.379 e. The number of nitrogens with zero attached hydrogens (tertiary/aromatic N) is 1. The lowest BCUT2D eigenvalue weighted by Crippen LogP contribution is -2.40. The third-order valence-electron chi connectivity index (χ3n) is 5.51. The number of fused-ring (bicyclic) bond motifs is 2. The van der Waals surface area contributed by atoms with Gasteiger partial charge in [-0.3, -0.25) is 0 Å². The van der Waals surface area contributed by atoms with Gasteiger partial charge in [0.2, 0.25) is 10.0 Å². The summed E-state index contributed by atoms with van der Waals surface area (Å²) in [6.07, 6.45) is 0. The third kappa shape index (κ3) is 3.90. The maximum atomic E-state index is 12.8. The van der Waals surface area contributed by atoms with Crippen molar-refractivity contribution in [2.45, 2.75) is 14.7 Å². The van der Waals surface area contributed by atoms with Gasteiger partial charge < -0.3 is 10.1 Å². The van der Waals surface area contributed by atoms with E-state index in [-0.39, 0.29) is 0 Å². The number of anilines is 2. The number of morpholine rings is 1. The van der Waals surface area contributed by atoms with E-state index in [1.54, 1.807) is 23.9 Å². The van der Waals surface area contributed by atoms with Crippen LogP contribution in [0.2, 0.25) is 0 Å². The van der Waals surface area contributed by atoms with Crippen LogP contribution in [0.3, 0.4) is 0 Å². The highest BCUT2D eigenvalue weighted by Crippen LogP contribution is 2.44. The Bertz CT molecular complexity index is 1250. The van der Waals surface area contributed by atoms with Gasteiger partial charge in [0.05, 0.1) is 29.5 Å². The Kier molecular flexibility index (Phi) is 5.35. The quantitative estimate of drug-likeness (QED) is 0.475. The molecule has 0 amide bonds. The molecule has 0 aromatic heterocycles. The first-order valence-electron chi connectivity index (χ1n) is 10.1. The fourth-order valence-corrected chi connectivity index (χ4v) is 6.13. The summed E-state index contributed by atoms with van der Waals surface area (Å²) in [5, 5.41) is 3.50. The number of ether oxygens (including phenoxy) is 1. The molecule has 0 bridgehead atoms. The Morgan fingerprint density at radius 1 is 0.903 bits per heavy atom. The van der Waals surface area contributed by atoms with E-state index in [0.29, 0.717) is 31.2 Å². The second-order valence-electron chi connectivity index (χ2n) is 7.45. The first kappa shape index (κ1) is 20.3. The molecule has 0 radical (unpaired) electrons. The monoisotopic (exact) mass is 450 g/mol. The first-order chi connectivity index (χ1) is 15.0. The average molecular weight is 451 g/mol. The molecule has 0 atom stereocenters. The van der Waals surface area contributed by atoms with Gasteiger partial charge in [0.25, 0.3) is 0 Å². The molecule has 2 heterocycles. The van der Waals surface area contributed by atoms with Gasteiger partial charge in [-0.1, -0.05) is 48.7 Å². The van der Waals surface area contributed by atoms with Crippen molar-refractivity contribution in [2.75, 3.05) is 31.6 Å². The number of benzene rings is 3. The predicted octanol–water partition coefficient (Wildman–Crippen LogP) is 4.98. The minimum atomic E-state index is -3.50. The van der Waals surface area contributed by atoms with Crippen molar-refractivity contribution in [1.29, 1.82) is 0 Å². The standard InChI is InChI=1S/C24H22N2O3S2/c1-17(18-6-9-20(10-7-18)31(27,28)26-12-14-29-15-13-26)19-8-11-24-22(16-19)25-21-4-2-3-5-23(21)30-24/h2-11,16,25H,1,12-15H2. The number of rotatable bonds is 4. The Morgan fingerprint density at radius 2 is 1.58 bits per heavy atom. The van der Waals surface area contributed by atoms with Gasteiger partial charge in [-0.15, -0.1) is 0 Å². The molecule has 0 spiro atoms. The van der Waals surface area contributed by atoms with Crippen LogP contribution in [0.15, 0.2) is 88.0 Å². The van der Waals surface area contributed by atoms with Gasteiger partial charge in [-0.05, 0) is 53.1 Å². The molecule has 3 aromatic rings. The van der Waals surface area contributed by atoms with Crippen molar-refractivity contribution in [3.05, 3.63) is 84.4 Å². The molecule has 5 rings (SSSR count). The molecule has 7 heteroatoms. The summed E-state index contributed by atoms with van der Waals surface area (Å²) in [4.78, 5) is 2.67. The molecule has 1 saturated heterocycles. The lowest BCUT2D eigenvalue weighted by Gasteiger charge is -2.26. The van der Waals surface area contributed by atoms with Crippen molar-refractivity contribution in [3.8, 4) is 0 Å². The third-order valence-corrected chi connectivity index (χ3v) is 8.58. The Morgan fingerprint density at radius 3 is 2.35 bits per heavy atom. The van der Waals surface area contributed by atoms with Crippen LogP contribution in [0.1, 0.15) is 11.1 Å². The molecule has 1 fully saturated rings. The van der Waals surface area contributed by atoms with Crippen LogP contribution in [-0.4, -0.2) is 39.0 Å². The zero-order valence-corrected chi connectivity index (χ0v) is 18.5. The molecule has 158 valence electrons. The van der Waals surface area contributed by atoms with Crippen LogP contribution in [0.4, 0.5) is 11.4 Å². The van der Waals surface area contributed by atoms with E-state index in [1.807, 2.05) is 24.3 Å². The molecular weight excluding hydrogens is 428 g/mol. The Labute approximate surface area is 186 Å². The minimum Gasteiger partial charge on any atom is -0.379 e. The van der Waals surface area contributed by atoms with Crippen molar-refractivity contribution >= 4 is 38.7 Å². The fourth-order valence-electron chi connectivity index (χ4n) is 3.76. The van der Waals surface area contributed by atoms with E-state index in [9.17, 15) is 8.42 Å². The highest BCUT2D eigenvalue weighted by atomic mass is 32.2. The van der Waals surface area contributed by atoms with Gasteiger partial charge in [-0.2, -0.15) is 4.31 Å². The highest BCUT2D eigenvalue weighted by molar-refractivity contribution is 7.99. The number of sulfonamides is 1. The van der Waals surface area contributed by atoms with E-state index in [1.165, 1.54) is 14.1 Å². The van der Waals surface area contributed by atoms with Gasteiger partial charge in [0, 0.05) is 22.9 Å². The van der Waals surface area contributed by atoms with E-state index in [4.69, 9.17) is 4.74 Å². The maximum absolute atomic E-state index is 12.8. The molecule has 3 aromatic carbocycles. The molecule has 31 heavy (non-hydrogen) atoms. The van der Waals surface area contributed by atoms with Crippen molar-refractivity contribution in [3.63, 3.8) is 0 Å². The van der Waals surface area contributed by atoms with Crippen LogP contribution in [0, 0.1) is 0 Å². The second kappa shape index (κ2) is 8.16. The number of para-hydroxylation sites is 1. The Balaban J connectivity index is 1.38. The summed E-state index contributed by atoms with van der Waals surface area (Å²) < 4.78 is 32.4. The molecule has 5 nitrogen and oxygen atoms in total. The second-order valence-corrected chi connectivity index (χ2v) is 10.5. The van der Waals surface area contributed by atoms with Crippen LogP contribution in [-0.2, 0) is 14.8 Å². The van der Waals surface area contributed by atoms with Gasteiger partial charge in [-0.25, -0.2) is 8.42 Å². The van der Waals surface area contributed by atoms with Crippen molar-refractivity contribution in [1.82, 2.24) is 4.31 Å². The van der Waals surface area contributed by atoms with Crippen LogP contribution >= 0.6 is 11.8 Å². The van der Waals surface area contributed by atoms with E-state index in [2.05, 4.69) is 42.2 Å². The summed E-state index contributed by atoms with van der Waals surface area (Å²) in [5.74, 6) is 0. The average Bonchev–Trinajstić information content (AvgIpc) is 2.82. The zero-order chi connectivity index (χ0) is 21.4. The van der Waals surface area contributed by atoms with Crippen LogP contribution in [0.25, 0.3) is 5.57 Å². The van der Waals surface area contributed by atoms with E-state index >= 15 is 0 Å². The van der Waals surface area contributed by atoms with Crippen LogP contribution in [0.5, 0.6) is 0 Å². The topological polar surface area (TPSA) is 58.6 Å². The lowest BCUT2D eigenvalue weighted by atomic mass is 9.99. The molecular formula is C24H22N2O3S2. The van der Waals surface area contributed by atoms with Crippen LogP contribution < -0.4 is 5.32 Å². The highest BCUT2D eigenvalue weighted by Gasteiger charge is 2.26. The van der Waals surface area contributed by atoms with Crippen molar-refractivity contribution < 1.29 is 13.2 Å². The van der Waals surface area contributed by atoms with E-state index in [0.717, 1.165) is 28.1 Å². The molecule has 2 aliphatic heterocycles. The maximum Gasteiger partial charge on any atom is 0.243 e. The summed E-state index contributed by atoms with van der Waals surface area (Å²) in [6, 6.07) is 21.5. The summed E-state index contributed by atoms with van der Waals surface area (Å²) in [5.41, 5.74) is 4.89. The smallest absolute Gasteiger partial charge is 0.243 e. The summed E-state index contributed by atoms with van der Waals surface area (Å²) in [6.45, 7) is 5.90. The first-order valence-corrected chi connectivity index (χ1v) is 12.3. The van der Waals surface area contributed by atoms with E-state index < -0.39 is 10.0 Å². The zero-order valence-electron chi connectivity index (χ0n) is 16.9. The molecule has 0 saturated carbocycles. The molecule has 0 aliphatic carbocycles. The van der Waals surface area contributed by atoms with Gasteiger partial charge in [0.1, 0.15) is 0 Å². The normalized spacial score (nSPS) is 16.1. The SMILES string of the molecule is C=C(c1ccc(S(=O)(=O)N2CCOCC2)cc1)c1ccc2c(c1)Nc1ccccc1S2.